The van der Waals surface area contributed by atoms with Gasteiger partial charge >= 0.3 is 12.1 Å². The standard InChI is InChI=1S/C26H30N2O5/c1-16-12-17(13-16)14-27-25(31)23(10-11-24(29)30)28-26(32)33-15-22-20-8-4-2-6-18(20)19-7-3-5-9-21(19)22/h2-9,16-17,22-23H,10-15H2,1H3,(H,27,31)(H,28,32)(H,29,30). The first-order chi connectivity index (χ1) is 15.9. The van der Waals surface area contributed by atoms with Crippen molar-refractivity contribution in [3.63, 3.8) is 0 Å². The minimum atomic E-state index is -1.02. The van der Waals surface area contributed by atoms with Crippen molar-refractivity contribution >= 4 is 18.0 Å². The van der Waals surface area contributed by atoms with Crippen LogP contribution in [0.3, 0.4) is 0 Å². The summed E-state index contributed by atoms with van der Waals surface area (Å²) in [5, 5.41) is 14.5. The third-order valence-electron chi connectivity index (χ3n) is 6.64. The largest absolute Gasteiger partial charge is 0.481 e. The maximum Gasteiger partial charge on any atom is 0.407 e. The molecule has 174 valence electrons. The van der Waals surface area contributed by atoms with Crippen molar-refractivity contribution in [2.75, 3.05) is 13.2 Å². The fourth-order valence-electron chi connectivity index (χ4n) is 4.92. The summed E-state index contributed by atoms with van der Waals surface area (Å²) < 4.78 is 5.52. The zero-order valence-electron chi connectivity index (χ0n) is 18.8. The van der Waals surface area contributed by atoms with Crippen LogP contribution in [0.1, 0.15) is 49.7 Å². The summed E-state index contributed by atoms with van der Waals surface area (Å²) in [6.45, 7) is 2.85. The predicted octanol–water partition coefficient (Wildman–Crippen LogP) is 3.92. The lowest BCUT2D eigenvalue weighted by molar-refractivity contribution is -0.137. The van der Waals surface area contributed by atoms with Crippen LogP contribution in [0.4, 0.5) is 4.79 Å². The zero-order valence-corrected chi connectivity index (χ0v) is 18.8. The van der Waals surface area contributed by atoms with Gasteiger partial charge in [-0.3, -0.25) is 9.59 Å². The molecule has 1 fully saturated rings. The number of ether oxygens (including phenoxy) is 1. The van der Waals surface area contributed by atoms with E-state index in [1.165, 1.54) is 0 Å². The van der Waals surface area contributed by atoms with E-state index < -0.39 is 18.1 Å². The van der Waals surface area contributed by atoms with Crippen molar-refractivity contribution in [1.82, 2.24) is 10.6 Å². The number of carbonyl (C=O) groups is 3. The van der Waals surface area contributed by atoms with Gasteiger partial charge in [0, 0.05) is 18.9 Å². The van der Waals surface area contributed by atoms with E-state index in [-0.39, 0.29) is 31.3 Å². The third kappa shape index (κ3) is 5.35. The van der Waals surface area contributed by atoms with Gasteiger partial charge in [0.25, 0.3) is 0 Å². The number of benzene rings is 2. The van der Waals surface area contributed by atoms with E-state index in [2.05, 4.69) is 29.7 Å². The van der Waals surface area contributed by atoms with Gasteiger partial charge in [0.15, 0.2) is 0 Å². The molecule has 7 nitrogen and oxygen atoms in total. The first-order valence-corrected chi connectivity index (χ1v) is 11.5. The Bertz CT molecular complexity index is 985. The van der Waals surface area contributed by atoms with Crippen molar-refractivity contribution < 1.29 is 24.2 Å². The molecule has 2 aliphatic carbocycles. The minimum absolute atomic E-state index is 0.00638. The molecule has 1 saturated carbocycles. The Kier molecular flexibility index (Phi) is 6.96. The van der Waals surface area contributed by atoms with Gasteiger partial charge in [0.2, 0.25) is 5.91 Å². The molecular formula is C26H30N2O5. The van der Waals surface area contributed by atoms with Gasteiger partial charge in [-0.15, -0.1) is 0 Å². The molecule has 0 bridgehead atoms. The molecule has 2 aromatic rings. The first-order valence-electron chi connectivity index (χ1n) is 11.5. The molecule has 0 aliphatic heterocycles. The highest BCUT2D eigenvalue weighted by molar-refractivity contribution is 5.86. The van der Waals surface area contributed by atoms with E-state index in [1.807, 2.05) is 36.4 Å². The summed E-state index contributed by atoms with van der Waals surface area (Å²) in [6, 6.07) is 15.1. The monoisotopic (exact) mass is 450 g/mol. The lowest BCUT2D eigenvalue weighted by Crippen LogP contribution is -2.49. The number of carboxylic acid groups (broad SMARTS) is 1. The average Bonchev–Trinajstić information content (AvgIpc) is 3.10. The SMILES string of the molecule is CC1CC(CNC(=O)C(CCC(=O)O)NC(=O)OCC2c3ccccc3-c3ccccc32)C1. The van der Waals surface area contributed by atoms with Gasteiger partial charge in [-0.1, -0.05) is 55.5 Å². The van der Waals surface area contributed by atoms with Crippen LogP contribution in [0.5, 0.6) is 0 Å². The molecule has 0 aromatic heterocycles. The van der Waals surface area contributed by atoms with Gasteiger partial charge in [-0.2, -0.15) is 0 Å². The number of carboxylic acids is 1. The van der Waals surface area contributed by atoms with Crippen LogP contribution in [-0.4, -0.2) is 42.3 Å². The molecule has 7 heteroatoms. The van der Waals surface area contributed by atoms with Crippen molar-refractivity contribution in [2.24, 2.45) is 11.8 Å². The van der Waals surface area contributed by atoms with Crippen LogP contribution in [0, 0.1) is 11.8 Å². The summed E-state index contributed by atoms with van der Waals surface area (Å²) in [5.74, 6) is -0.360. The Balaban J connectivity index is 1.36. The van der Waals surface area contributed by atoms with Crippen LogP contribution < -0.4 is 10.6 Å². The van der Waals surface area contributed by atoms with Crippen LogP contribution in [-0.2, 0) is 14.3 Å². The number of hydrogen-bond donors (Lipinski definition) is 3. The van der Waals surface area contributed by atoms with Crippen molar-refractivity contribution in [2.45, 2.75) is 44.6 Å². The highest BCUT2D eigenvalue weighted by Gasteiger charge is 2.30. The highest BCUT2D eigenvalue weighted by atomic mass is 16.5. The summed E-state index contributed by atoms with van der Waals surface area (Å²) in [6.07, 6.45) is 1.20. The molecule has 4 rings (SSSR count). The Hall–Kier alpha value is -3.35. The van der Waals surface area contributed by atoms with E-state index in [1.54, 1.807) is 0 Å². The lowest BCUT2D eigenvalue weighted by Gasteiger charge is -2.33. The quantitative estimate of drug-likeness (QED) is 0.537. The van der Waals surface area contributed by atoms with E-state index >= 15 is 0 Å². The molecule has 2 aliphatic rings. The predicted molar refractivity (Wildman–Crippen MR) is 124 cm³/mol. The molecule has 33 heavy (non-hydrogen) atoms. The van der Waals surface area contributed by atoms with Gasteiger partial charge in [0.05, 0.1) is 0 Å². The van der Waals surface area contributed by atoms with E-state index in [9.17, 15) is 14.4 Å². The van der Waals surface area contributed by atoms with Crippen molar-refractivity contribution in [3.8, 4) is 11.1 Å². The smallest absolute Gasteiger partial charge is 0.407 e. The maximum absolute atomic E-state index is 12.6. The number of aliphatic carboxylic acids is 1. The number of hydrogen-bond acceptors (Lipinski definition) is 4. The zero-order chi connectivity index (χ0) is 23.4. The van der Waals surface area contributed by atoms with Crippen molar-refractivity contribution in [1.29, 1.82) is 0 Å². The van der Waals surface area contributed by atoms with Gasteiger partial charge in [-0.05, 0) is 53.4 Å². The normalized spacial score (nSPS) is 19.5. The maximum atomic E-state index is 12.6. The number of nitrogens with one attached hydrogen (secondary N) is 2. The number of amides is 2. The summed E-state index contributed by atoms with van der Waals surface area (Å²) in [4.78, 5) is 36.2. The molecule has 3 N–H and O–H groups in total. The Morgan fingerprint density at radius 1 is 1.03 bits per heavy atom. The number of carbonyl (C=O) groups excluding carboxylic acids is 2. The molecule has 0 saturated heterocycles. The van der Waals surface area contributed by atoms with E-state index in [0.29, 0.717) is 18.4 Å². The minimum Gasteiger partial charge on any atom is -0.481 e. The number of alkyl carbamates (subject to hydrolysis) is 1. The van der Waals surface area contributed by atoms with Crippen LogP contribution in [0.2, 0.25) is 0 Å². The van der Waals surface area contributed by atoms with Gasteiger partial charge < -0.3 is 20.5 Å². The summed E-state index contributed by atoms with van der Waals surface area (Å²) in [7, 11) is 0. The fraction of sp³-hybridized carbons (Fsp3) is 0.423. The van der Waals surface area contributed by atoms with Gasteiger partial charge in [0.1, 0.15) is 12.6 Å². The number of fused-ring (bicyclic) bond motifs is 3. The fourth-order valence-corrected chi connectivity index (χ4v) is 4.92. The Morgan fingerprint density at radius 3 is 2.21 bits per heavy atom. The Labute approximate surface area is 193 Å². The molecule has 1 atom stereocenters. The van der Waals surface area contributed by atoms with Crippen molar-refractivity contribution in [3.05, 3.63) is 59.7 Å². The molecule has 0 spiro atoms. The highest BCUT2D eigenvalue weighted by Crippen LogP contribution is 2.44. The second kappa shape index (κ2) is 10.1. The molecule has 1 unspecified atom stereocenters. The first kappa shape index (κ1) is 22.8. The molecule has 0 radical (unpaired) electrons. The average molecular weight is 451 g/mol. The second-order valence-corrected chi connectivity index (χ2v) is 9.14. The molecule has 2 aromatic carbocycles. The van der Waals surface area contributed by atoms with Crippen LogP contribution in [0.15, 0.2) is 48.5 Å². The molecule has 0 heterocycles. The van der Waals surface area contributed by atoms with Crippen LogP contribution >= 0.6 is 0 Å². The topological polar surface area (TPSA) is 105 Å². The number of rotatable bonds is 9. The Morgan fingerprint density at radius 2 is 1.64 bits per heavy atom. The van der Waals surface area contributed by atoms with E-state index in [4.69, 9.17) is 9.84 Å². The second-order valence-electron chi connectivity index (χ2n) is 9.14. The third-order valence-corrected chi connectivity index (χ3v) is 6.64. The molecular weight excluding hydrogens is 420 g/mol. The van der Waals surface area contributed by atoms with Crippen LogP contribution in [0.25, 0.3) is 11.1 Å². The van der Waals surface area contributed by atoms with E-state index in [0.717, 1.165) is 35.1 Å². The molecule has 2 amide bonds. The van der Waals surface area contributed by atoms with Gasteiger partial charge in [-0.25, -0.2) is 4.79 Å². The summed E-state index contributed by atoms with van der Waals surface area (Å²) in [5.41, 5.74) is 4.46. The lowest BCUT2D eigenvalue weighted by atomic mass is 9.76. The summed E-state index contributed by atoms with van der Waals surface area (Å²) >= 11 is 0.